The number of hydrogen-bond acceptors (Lipinski definition) is 5. The van der Waals surface area contributed by atoms with Gasteiger partial charge in [0.2, 0.25) is 0 Å². The number of fused-ring (bicyclic) bond motifs is 1. The van der Waals surface area contributed by atoms with Gasteiger partial charge in [0.25, 0.3) is 0 Å². The molecule has 0 amide bonds. The molecule has 2 aromatic heterocycles. The van der Waals surface area contributed by atoms with Crippen LogP contribution < -0.4 is 5.63 Å². The van der Waals surface area contributed by atoms with Gasteiger partial charge < -0.3 is 14.1 Å². The van der Waals surface area contributed by atoms with Gasteiger partial charge in [0.1, 0.15) is 17.0 Å². The summed E-state index contributed by atoms with van der Waals surface area (Å²) >= 11 is 0. The number of allylic oxidation sites excluding steroid dienone is 1. The number of aliphatic hydroxyl groups is 1. The van der Waals surface area contributed by atoms with Crippen molar-refractivity contribution < 1.29 is 9.52 Å². The van der Waals surface area contributed by atoms with E-state index in [2.05, 4.69) is 35.5 Å². The standard InChI is InChI=1S/C23H29N3O2.C4H8.CH4O/c1-16-17(2)25(3)22(24-16)20-14-18-10-9-11-19(21(18)28-23(20)27)15-26-12-7-5-4-6-8-13-26;1-3-4-2;1-2/h9-11,14H,4-8,12-13,15H2,1-3H3;3H,1,4H2,2H3;2H,1H3. The van der Waals surface area contributed by atoms with Crippen molar-refractivity contribution in [2.45, 2.75) is 65.8 Å². The first-order valence-corrected chi connectivity index (χ1v) is 12.3. The molecule has 6 nitrogen and oxygen atoms in total. The molecule has 1 fully saturated rings. The number of para-hydroxylation sites is 1. The summed E-state index contributed by atoms with van der Waals surface area (Å²) in [6, 6.07) is 8.08. The molecule has 3 aromatic rings. The zero-order chi connectivity index (χ0) is 25.1. The molecule has 0 spiro atoms. The predicted octanol–water partition coefficient (Wildman–Crippen LogP) is 5.77. The molecule has 1 saturated heterocycles. The lowest BCUT2D eigenvalue weighted by molar-refractivity contribution is 0.239. The SMILES string of the molecule is C=CCC.CO.Cc1nc(-c2cc3cccc(CN4CCCCCCC4)c3oc2=O)n(C)c1C. The summed E-state index contributed by atoms with van der Waals surface area (Å²) in [5.41, 5.74) is 3.99. The Morgan fingerprint density at radius 3 is 2.29 bits per heavy atom. The maximum absolute atomic E-state index is 12.8. The molecule has 0 saturated carbocycles. The molecular weight excluding hydrogens is 426 g/mol. The highest BCUT2D eigenvalue weighted by Gasteiger charge is 2.17. The number of imidazole rings is 1. The van der Waals surface area contributed by atoms with Gasteiger partial charge >= 0.3 is 5.63 Å². The number of aryl methyl sites for hydroxylation is 1. The molecule has 0 aliphatic carbocycles. The van der Waals surface area contributed by atoms with Crippen LogP contribution in [-0.2, 0) is 13.6 Å². The van der Waals surface area contributed by atoms with E-state index in [1.54, 1.807) is 0 Å². The van der Waals surface area contributed by atoms with Gasteiger partial charge in [-0.05, 0) is 52.3 Å². The van der Waals surface area contributed by atoms with E-state index in [1.807, 2.05) is 43.7 Å². The van der Waals surface area contributed by atoms with Gasteiger partial charge in [-0.15, -0.1) is 6.58 Å². The van der Waals surface area contributed by atoms with Crippen LogP contribution in [0.1, 0.15) is 62.4 Å². The zero-order valence-electron chi connectivity index (χ0n) is 21.6. The predicted molar refractivity (Wildman–Crippen MR) is 141 cm³/mol. The van der Waals surface area contributed by atoms with Crippen molar-refractivity contribution in [3.63, 3.8) is 0 Å². The van der Waals surface area contributed by atoms with E-state index in [0.717, 1.165) is 55.5 Å². The van der Waals surface area contributed by atoms with E-state index in [9.17, 15) is 4.79 Å². The Morgan fingerprint density at radius 2 is 1.74 bits per heavy atom. The van der Waals surface area contributed by atoms with Crippen LogP contribution in [0, 0.1) is 13.8 Å². The fourth-order valence-electron chi connectivity index (χ4n) is 4.15. The second kappa shape index (κ2) is 13.9. The molecule has 1 aromatic carbocycles. The van der Waals surface area contributed by atoms with E-state index in [-0.39, 0.29) is 5.63 Å². The Kier molecular flexibility index (Phi) is 11.2. The molecule has 0 radical (unpaired) electrons. The summed E-state index contributed by atoms with van der Waals surface area (Å²) in [5.74, 6) is 0.667. The van der Waals surface area contributed by atoms with Gasteiger partial charge in [-0.1, -0.05) is 50.5 Å². The Balaban J connectivity index is 0.000000618. The van der Waals surface area contributed by atoms with Crippen LogP contribution in [-0.4, -0.2) is 39.8 Å². The molecule has 0 unspecified atom stereocenters. The first-order chi connectivity index (χ1) is 16.5. The number of nitrogens with zero attached hydrogens (tertiary/aromatic N) is 3. The fourth-order valence-corrected chi connectivity index (χ4v) is 4.15. The van der Waals surface area contributed by atoms with E-state index >= 15 is 0 Å². The summed E-state index contributed by atoms with van der Waals surface area (Å²) in [6.45, 7) is 12.6. The third kappa shape index (κ3) is 6.90. The number of aliphatic hydroxyl groups excluding tert-OH is 1. The lowest BCUT2D eigenvalue weighted by Crippen LogP contribution is -2.27. The maximum Gasteiger partial charge on any atom is 0.347 e. The van der Waals surface area contributed by atoms with Crippen molar-refractivity contribution in [2.24, 2.45) is 7.05 Å². The van der Waals surface area contributed by atoms with Crippen LogP contribution in [0.15, 0.2) is 46.1 Å². The Hall–Kier alpha value is -2.70. The summed E-state index contributed by atoms with van der Waals surface area (Å²) < 4.78 is 7.80. The maximum atomic E-state index is 12.8. The van der Waals surface area contributed by atoms with Crippen molar-refractivity contribution >= 4 is 11.0 Å². The summed E-state index contributed by atoms with van der Waals surface area (Å²) in [6.07, 6.45) is 9.43. The van der Waals surface area contributed by atoms with Gasteiger partial charge in [0, 0.05) is 37.3 Å². The van der Waals surface area contributed by atoms with Crippen molar-refractivity contribution in [3.05, 3.63) is 64.3 Å². The lowest BCUT2D eigenvalue weighted by Gasteiger charge is -2.24. The third-order valence-corrected chi connectivity index (χ3v) is 6.33. The lowest BCUT2D eigenvalue weighted by atomic mass is 10.1. The Morgan fingerprint density at radius 1 is 1.12 bits per heavy atom. The molecule has 34 heavy (non-hydrogen) atoms. The molecule has 0 bridgehead atoms. The van der Waals surface area contributed by atoms with Crippen LogP contribution in [0.4, 0.5) is 0 Å². The Labute approximate surface area is 203 Å². The monoisotopic (exact) mass is 467 g/mol. The van der Waals surface area contributed by atoms with Gasteiger partial charge in [0.15, 0.2) is 0 Å². The Bertz CT molecular complexity index is 1110. The molecule has 4 rings (SSSR count). The summed E-state index contributed by atoms with van der Waals surface area (Å²) in [5, 5.41) is 7.96. The topological polar surface area (TPSA) is 71.5 Å². The van der Waals surface area contributed by atoms with Gasteiger partial charge in [-0.2, -0.15) is 0 Å². The van der Waals surface area contributed by atoms with Crippen molar-refractivity contribution in [3.8, 4) is 11.4 Å². The molecule has 3 heterocycles. The van der Waals surface area contributed by atoms with E-state index < -0.39 is 0 Å². The van der Waals surface area contributed by atoms with Gasteiger partial charge in [-0.3, -0.25) is 4.90 Å². The minimum atomic E-state index is -0.319. The molecule has 1 aliphatic heterocycles. The largest absolute Gasteiger partial charge is 0.422 e. The average molecular weight is 468 g/mol. The minimum absolute atomic E-state index is 0.319. The second-order valence-corrected chi connectivity index (χ2v) is 8.69. The highest BCUT2D eigenvalue weighted by atomic mass is 16.4. The van der Waals surface area contributed by atoms with Gasteiger partial charge in [0.05, 0.1) is 5.69 Å². The number of rotatable bonds is 4. The van der Waals surface area contributed by atoms with Crippen LogP contribution in [0.2, 0.25) is 0 Å². The van der Waals surface area contributed by atoms with E-state index in [0.29, 0.717) is 17.0 Å². The van der Waals surface area contributed by atoms with Crippen molar-refractivity contribution in [1.29, 1.82) is 0 Å². The number of likely N-dealkylation sites (tertiary alicyclic amines) is 1. The fraction of sp³-hybridized carbons (Fsp3) is 0.500. The van der Waals surface area contributed by atoms with E-state index in [1.165, 1.54) is 32.1 Å². The van der Waals surface area contributed by atoms with Crippen LogP contribution >= 0.6 is 0 Å². The number of aromatic nitrogens is 2. The summed E-state index contributed by atoms with van der Waals surface area (Å²) in [7, 11) is 2.94. The molecule has 1 N–H and O–H groups in total. The molecule has 1 aliphatic rings. The van der Waals surface area contributed by atoms with Crippen molar-refractivity contribution in [2.75, 3.05) is 20.2 Å². The first kappa shape index (κ1) is 27.5. The highest BCUT2D eigenvalue weighted by Crippen LogP contribution is 2.25. The summed E-state index contributed by atoms with van der Waals surface area (Å²) in [4.78, 5) is 19.9. The van der Waals surface area contributed by atoms with Gasteiger partial charge in [-0.25, -0.2) is 9.78 Å². The first-order valence-electron chi connectivity index (χ1n) is 12.3. The average Bonchev–Trinajstić information content (AvgIpc) is 3.09. The molecule has 186 valence electrons. The molecule has 6 heteroatoms. The second-order valence-electron chi connectivity index (χ2n) is 8.69. The highest BCUT2D eigenvalue weighted by molar-refractivity contribution is 5.83. The normalized spacial score (nSPS) is 14.3. The van der Waals surface area contributed by atoms with Crippen LogP contribution in [0.5, 0.6) is 0 Å². The van der Waals surface area contributed by atoms with Crippen LogP contribution in [0.3, 0.4) is 0 Å². The quantitative estimate of drug-likeness (QED) is 0.390. The van der Waals surface area contributed by atoms with Crippen LogP contribution in [0.25, 0.3) is 22.4 Å². The zero-order valence-corrected chi connectivity index (χ0v) is 21.6. The smallest absolute Gasteiger partial charge is 0.347 e. The molecule has 0 atom stereocenters. The molecular formula is C28H41N3O3. The minimum Gasteiger partial charge on any atom is -0.422 e. The number of hydrogen-bond donors (Lipinski definition) is 1. The van der Waals surface area contributed by atoms with Crippen molar-refractivity contribution in [1.82, 2.24) is 14.5 Å². The third-order valence-electron chi connectivity index (χ3n) is 6.33. The number of benzene rings is 1. The van der Waals surface area contributed by atoms with E-state index in [4.69, 9.17) is 9.52 Å².